The normalized spacial score (nSPS) is 15.6. The Balaban J connectivity index is 1.53. The van der Waals surface area contributed by atoms with E-state index in [0.717, 1.165) is 35.3 Å². The first-order valence-corrected chi connectivity index (χ1v) is 11.3. The van der Waals surface area contributed by atoms with Gasteiger partial charge in [-0.05, 0) is 63.4 Å². The van der Waals surface area contributed by atoms with Crippen molar-refractivity contribution >= 4 is 10.0 Å². The van der Waals surface area contributed by atoms with Gasteiger partial charge in [0.25, 0.3) is 0 Å². The van der Waals surface area contributed by atoms with Crippen molar-refractivity contribution in [2.75, 3.05) is 7.05 Å². The largest absolute Gasteiger partial charge is 0.488 e. The number of aromatic nitrogens is 2. The molecule has 4 rings (SSSR count). The molecule has 1 aliphatic rings. The molecule has 30 heavy (non-hydrogen) atoms. The van der Waals surface area contributed by atoms with Crippen LogP contribution < -0.4 is 4.74 Å². The van der Waals surface area contributed by atoms with Crippen LogP contribution in [0.5, 0.6) is 5.75 Å². The van der Waals surface area contributed by atoms with Crippen molar-refractivity contribution in [3.63, 3.8) is 0 Å². The molecule has 0 radical (unpaired) electrons. The molecule has 1 aliphatic heterocycles. The van der Waals surface area contributed by atoms with E-state index in [1.54, 1.807) is 18.2 Å². The van der Waals surface area contributed by atoms with Gasteiger partial charge < -0.3 is 9.26 Å². The van der Waals surface area contributed by atoms with E-state index in [0.29, 0.717) is 5.82 Å². The predicted molar refractivity (Wildman–Crippen MR) is 113 cm³/mol. The monoisotopic (exact) mass is 427 g/mol. The van der Waals surface area contributed by atoms with Crippen LogP contribution in [0.2, 0.25) is 0 Å². The number of aryl methyl sites for hydroxylation is 2. The average molecular weight is 428 g/mol. The number of hydrogen-bond acceptors (Lipinski definition) is 6. The molecule has 7 nitrogen and oxygen atoms in total. The van der Waals surface area contributed by atoms with Gasteiger partial charge in [0, 0.05) is 12.6 Å². The maximum Gasteiger partial charge on any atom is 0.243 e. The van der Waals surface area contributed by atoms with Gasteiger partial charge in [-0.1, -0.05) is 28.9 Å². The molecule has 3 aromatic rings. The van der Waals surface area contributed by atoms with E-state index < -0.39 is 10.0 Å². The zero-order chi connectivity index (χ0) is 21.5. The Morgan fingerprint density at radius 2 is 1.97 bits per heavy atom. The SMILES string of the molecule is Cc1cccc(-c2noc(CN(C)S(=O)(=O)c3ccc4c(c3)CCC(C)(C)O4)n2)c1. The van der Waals surface area contributed by atoms with Gasteiger partial charge in [0.1, 0.15) is 11.4 Å². The van der Waals surface area contributed by atoms with Crippen LogP contribution in [0.1, 0.15) is 37.3 Å². The molecule has 0 spiro atoms. The minimum absolute atomic E-state index is 0.0121. The van der Waals surface area contributed by atoms with E-state index in [4.69, 9.17) is 9.26 Å². The van der Waals surface area contributed by atoms with E-state index in [9.17, 15) is 8.42 Å². The number of rotatable bonds is 5. The maximum atomic E-state index is 13.1. The van der Waals surface area contributed by atoms with E-state index in [-0.39, 0.29) is 22.9 Å². The highest BCUT2D eigenvalue weighted by Crippen LogP contribution is 2.34. The summed E-state index contributed by atoms with van der Waals surface area (Å²) in [7, 11) is -2.21. The molecule has 0 bridgehead atoms. The summed E-state index contributed by atoms with van der Waals surface area (Å²) in [4.78, 5) is 4.58. The standard InChI is InChI=1S/C22H25N3O4S/c1-15-6-5-7-17(12-15)21-23-20(29-24-21)14-25(4)30(26,27)18-8-9-19-16(13-18)10-11-22(2,3)28-19/h5-9,12-13H,10-11,14H2,1-4H3. The van der Waals surface area contributed by atoms with Gasteiger partial charge in [0.05, 0.1) is 11.4 Å². The lowest BCUT2D eigenvalue weighted by atomic mass is 9.94. The molecule has 0 saturated heterocycles. The summed E-state index contributed by atoms with van der Waals surface area (Å²) in [5.74, 6) is 1.42. The summed E-state index contributed by atoms with van der Waals surface area (Å²) < 4.78 is 38.6. The second-order valence-electron chi connectivity index (χ2n) is 8.27. The van der Waals surface area contributed by atoms with Gasteiger partial charge in [-0.15, -0.1) is 0 Å². The Kier molecular flexibility index (Phi) is 5.15. The second kappa shape index (κ2) is 7.52. The molecule has 0 aliphatic carbocycles. The highest BCUT2D eigenvalue weighted by atomic mass is 32.2. The quantitative estimate of drug-likeness (QED) is 0.612. The van der Waals surface area contributed by atoms with Gasteiger partial charge >= 0.3 is 0 Å². The van der Waals surface area contributed by atoms with Crippen molar-refractivity contribution in [3.05, 3.63) is 59.5 Å². The van der Waals surface area contributed by atoms with Gasteiger partial charge in [-0.2, -0.15) is 9.29 Å². The minimum atomic E-state index is -3.71. The first kappa shape index (κ1) is 20.6. The summed E-state index contributed by atoms with van der Waals surface area (Å²) in [6, 6.07) is 12.7. The highest BCUT2D eigenvalue weighted by molar-refractivity contribution is 7.89. The van der Waals surface area contributed by atoms with Crippen LogP contribution in [0.25, 0.3) is 11.4 Å². The Hall–Kier alpha value is -2.71. The fourth-order valence-corrected chi connectivity index (χ4v) is 4.64. The first-order chi connectivity index (χ1) is 14.1. The van der Waals surface area contributed by atoms with Crippen LogP contribution in [0, 0.1) is 6.92 Å². The molecule has 2 heterocycles. The Labute approximate surface area is 176 Å². The van der Waals surface area contributed by atoms with Gasteiger partial charge in [0.15, 0.2) is 0 Å². The van der Waals surface area contributed by atoms with E-state index in [1.165, 1.54) is 11.4 Å². The maximum absolute atomic E-state index is 13.1. The summed E-state index contributed by atoms with van der Waals surface area (Å²) in [6.07, 6.45) is 1.61. The molecular formula is C22H25N3O4S. The molecule has 0 unspecified atom stereocenters. The molecule has 2 aromatic carbocycles. The van der Waals surface area contributed by atoms with Crippen molar-refractivity contribution in [1.82, 2.24) is 14.4 Å². The highest BCUT2D eigenvalue weighted by Gasteiger charge is 2.29. The Morgan fingerprint density at radius 1 is 1.17 bits per heavy atom. The number of hydrogen-bond donors (Lipinski definition) is 0. The van der Waals surface area contributed by atoms with Crippen LogP contribution in [-0.4, -0.2) is 35.5 Å². The minimum Gasteiger partial charge on any atom is -0.488 e. The molecule has 0 fully saturated rings. The topological polar surface area (TPSA) is 85.5 Å². The first-order valence-electron chi connectivity index (χ1n) is 9.82. The van der Waals surface area contributed by atoms with Crippen LogP contribution in [-0.2, 0) is 23.0 Å². The summed E-state index contributed by atoms with van der Waals surface area (Å²) >= 11 is 0. The van der Waals surface area contributed by atoms with Crippen molar-refractivity contribution in [2.24, 2.45) is 0 Å². The molecule has 0 atom stereocenters. The third-order valence-electron chi connectivity index (χ3n) is 5.23. The van der Waals surface area contributed by atoms with Crippen molar-refractivity contribution in [1.29, 1.82) is 0 Å². The fourth-order valence-electron chi connectivity index (χ4n) is 3.47. The lowest BCUT2D eigenvalue weighted by Crippen LogP contribution is -2.33. The summed E-state index contributed by atoms with van der Waals surface area (Å²) in [6.45, 7) is 6.03. The Morgan fingerprint density at radius 3 is 2.73 bits per heavy atom. The van der Waals surface area contributed by atoms with Crippen LogP contribution in [0.15, 0.2) is 51.9 Å². The van der Waals surface area contributed by atoms with Crippen molar-refractivity contribution in [2.45, 2.75) is 50.7 Å². The number of sulfonamides is 1. The number of fused-ring (bicyclic) bond motifs is 1. The lowest BCUT2D eigenvalue weighted by Gasteiger charge is -2.32. The number of benzene rings is 2. The molecule has 8 heteroatoms. The zero-order valence-corrected chi connectivity index (χ0v) is 18.4. The number of nitrogens with zero attached hydrogens (tertiary/aromatic N) is 3. The summed E-state index contributed by atoms with van der Waals surface area (Å²) in [5.41, 5.74) is 2.58. The third kappa shape index (κ3) is 4.11. The zero-order valence-electron chi connectivity index (χ0n) is 17.5. The van der Waals surface area contributed by atoms with Gasteiger partial charge in [-0.3, -0.25) is 0 Å². The number of ether oxygens (including phenoxy) is 1. The summed E-state index contributed by atoms with van der Waals surface area (Å²) in [5, 5.41) is 3.98. The molecule has 0 N–H and O–H groups in total. The smallest absolute Gasteiger partial charge is 0.243 e. The van der Waals surface area contributed by atoms with E-state index in [1.807, 2.05) is 45.0 Å². The van der Waals surface area contributed by atoms with Gasteiger partial charge in [0.2, 0.25) is 21.7 Å². The molecule has 158 valence electrons. The Bertz CT molecular complexity index is 1180. The van der Waals surface area contributed by atoms with Crippen molar-refractivity contribution < 1.29 is 17.7 Å². The van der Waals surface area contributed by atoms with Crippen LogP contribution in [0.3, 0.4) is 0 Å². The second-order valence-corrected chi connectivity index (χ2v) is 10.3. The van der Waals surface area contributed by atoms with E-state index >= 15 is 0 Å². The fraction of sp³-hybridized carbons (Fsp3) is 0.364. The molecule has 0 amide bonds. The van der Waals surface area contributed by atoms with Crippen LogP contribution >= 0.6 is 0 Å². The lowest BCUT2D eigenvalue weighted by molar-refractivity contribution is 0.0845. The third-order valence-corrected chi connectivity index (χ3v) is 7.02. The predicted octanol–water partition coefficient (Wildman–Crippen LogP) is 3.97. The van der Waals surface area contributed by atoms with E-state index in [2.05, 4.69) is 10.1 Å². The van der Waals surface area contributed by atoms with Crippen molar-refractivity contribution in [3.8, 4) is 17.1 Å². The molecule has 1 aromatic heterocycles. The molecular weight excluding hydrogens is 402 g/mol. The van der Waals surface area contributed by atoms with Gasteiger partial charge in [-0.25, -0.2) is 8.42 Å². The molecule has 0 saturated carbocycles. The average Bonchev–Trinajstić information content (AvgIpc) is 3.15. The van der Waals surface area contributed by atoms with Crippen LogP contribution in [0.4, 0.5) is 0 Å².